The van der Waals surface area contributed by atoms with Gasteiger partial charge in [-0.25, -0.2) is 0 Å². The normalized spacial score (nSPS) is 16.1. The molecule has 5 rings (SSSR count). The van der Waals surface area contributed by atoms with Crippen molar-refractivity contribution in [2.75, 3.05) is 18.0 Å². The molecule has 0 bridgehead atoms. The highest BCUT2D eigenvalue weighted by Gasteiger charge is 2.21. The molecule has 0 aliphatic carbocycles. The predicted molar refractivity (Wildman–Crippen MR) is 129 cm³/mol. The molecule has 1 saturated heterocycles. The molecule has 7 heteroatoms. The summed E-state index contributed by atoms with van der Waals surface area (Å²) < 4.78 is 11.8. The molecule has 3 heterocycles. The molecule has 0 N–H and O–H groups in total. The van der Waals surface area contributed by atoms with Gasteiger partial charge >= 0.3 is 0 Å². The molecule has 0 radical (unpaired) electrons. The highest BCUT2D eigenvalue weighted by atomic mass is 35.5. The summed E-state index contributed by atoms with van der Waals surface area (Å²) in [5.41, 5.74) is 2.15. The van der Waals surface area contributed by atoms with Crippen molar-refractivity contribution in [3.8, 4) is 23.1 Å². The number of furan rings is 1. The molecule has 0 amide bonds. The van der Waals surface area contributed by atoms with Gasteiger partial charge in [0, 0.05) is 34.3 Å². The van der Waals surface area contributed by atoms with Gasteiger partial charge in [-0.3, -0.25) is 0 Å². The molecule has 1 atom stereocenters. The van der Waals surface area contributed by atoms with Crippen molar-refractivity contribution in [2.45, 2.75) is 30.4 Å². The quantitative estimate of drug-likeness (QED) is 0.269. The first-order chi connectivity index (χ1) is 15.7. The van der Waals surface area contributed by atoms with E-state index in [4.69, 9.17) is 20.4 Å². The highest BCUT2D eigenvalue weighted by Crippen LogP contribution is 2.31. The summed E-state index contributed by atoms with van der Waals surface area (Å²) in [5, 5.41) is 9.14. The first-order valence-corrected chi connectivity index (χ1v) is 12.2. The van der Waals surface area contributed by atoms with Gasteiger partial charge < -0.3 is 13.7 Å². The number of anilines is 1. The lowest BCUT2D eigenvalue weighted by Gasteiger charge is -2.18. The van der Waals surface area contributed by atoms with Gasteiger partial charge in [-0.15, -0.1) is 22.0 Å². The third-order valence-corrected chi connectivity index (χ3v) is 7.12. The lowest BCUT2D eigenvalue weighted by Crippen LogP contribution is -2.19. The maximum absolute atomic E-state index is 5.94. The number of aromatic nitrogens is 2. The molecule has 0 saturated carbocycles. The Bertz CT molecular complexity index is 1170. The van der Waals surface area contributed by atoms with Crippen LogP contribution in [0.25, 0.3) is 23.1 Å². The Hall–Kier alpha value is -2.70. The summed E-state index contributed by atoms with van der Waals surface area (Å²) in [7, 11) is 0. The molecule has 5 nitrogen and oxygen atoms in total. The second-order valence-corrected chi connectivity index (χ2v) is 9.46. The summed E-state index contributed by atoms with van der Waals surface area (Å²) in [4.78, 5) is 3.58. The zero-order valence-electron chi connectivity index (χ0n) is 17.8. The lowest BCUT2D eigenvalue weighted by atomic mass is 10.1. The smallest absolute Gasteiger partial charge is 0.283 e. The molecule has 2 aromatic heterocycles. The fourth-order valence-electron chi connectivity index (χ4n) is 3.91. The highest BCUT2D eigenvalue weighted by molar-refractivity contribution is 7.98. The van der Waals surface area contributed by atoms with E-state index >= 15 is 0 Å². The largest absolute Gasteiger partial charge is 0.455 e. The van der Waals surface area contributed by atoms with Crippen LogP contribution in [-0.4, -0.2) is 23.3 Å². The average Bonchev–Trinajstić information content (AvgIpc) is 3.59. The van der Waals surface area contributed by atoms with Gasteiger partial charge in [-0.2, -0.15) is 0 Å². The first-order valence-electron chi connectivity index (χ1n) is 10.8. The van der Waals surface area contributed by atoms with E-state index in [0.29, 0.717) is 23.3 Å². The summed E-state index contributed by atoms with van der Waals surface area (Å²) in [6.45, 7) is 4.53. The van der Waals surface area contributed by atoms with Gasteiger partial charge in [0.15, 0.2) is 5.76 Å². The second kappa shape index (κ2) is 9.43. The van der Waals surface area contributed by atoms with Crippen LogP contribution in [0.15, 0.2) is 74.4 Å². The molecule has 32 heavy (non-hydrogen) atoms. The van der Waals surface area contributed by atoms with Crippen LogP contribution in [-0.2, 0) is 5.75 Å². The first kappa shape index (κ1) is 21.2. The number of benzene rings is 2. The minimum absolute atomic E-state index is 0.386. The fourth-order valence-corrected chi connectivity index (χ4v) is 4.83. The Kier molecular flexibility index (Phi) is 6.23. The summed E-state index contributed by atoms with van der Waals surface area (Å²) in [6.07, 6.45) is 2.52. The number of hydrogen-bond donors (Lipinski definition) is 0. The van der Waals surface area contributed by atoms with Crippen LogP contribution in [0.5, 0.6) is 0 Å². The zero-order valence-corrected chi connectivity index (χ0v) is 19.4. The number of hydrogen-bond acceptors (Lipinski definition) is 6. The maximum atomic E-state index is 5.94. The molecule has 1 fully saturated rings. The summed E-state index contributed by atoms with van der Waals surface area (Å²) >= 11 is 7.62. The Morgan fingerprint density at radius 2 is 1.75 bits per heavy atom. The van der Waals surface area contributed by atoms with Crippen LogP contribution < -0.4 is 4.90 Å². The van der Waals surface area contributed by atoms with Crippen LogP contribution in [0.1, 0.15) is 25.5 Å². The minimum Gasteiger partial charge on any atom is -0.455 e. The van der Waals surface area contributed by atoms with Crippen LogP contribution in [0.3, 0.4) is 0 Å². The predicted octanol–water partition coefficient (Wildman–Crippen LogP) is 7.18. The van der Waals surface area contributed by atoms with Crippen LogP contribution in [0.2, 0.25) is 5.02 Å². The van der Waals surface area contributed by atoms with Gasteiger partial charge in [0.2, 0.25) is 5.89 Å². The number of nitrogens with zero attached hydrogens (tertiary/aromatic N) is 3. The Morgan fingerprint density at radius 3 is 2.50 bits per heavy atom. The van der Waals surface area contributed by atoms with Crippen molar-refractivity contribution >= 4 is 29.1 Å². The molecule has 2 aromatic carbocycles. The molecule has 164 valence electrons. The molecule has 1 aliphatic heterocycles. The number of rotatable bonds is 7. The van der Waals surface area contributed by atoms with Gasteiger partial charge in [0.25, 0.3) is 5.89 Å². The van der Waals surface area contributed by atoms with Crippen LogP contribution in [0.4, 0.5) is 5.69 Å². The molecular weight excluding hydrogens is 442 g/mol. The van der Waals surface area contributed by atoms with Crippen molar-refractivity contribution in [2.24, 2.45) is 5.92 Å². The van der Waals surface area contributed by atoms with Gasteiger partial charge in [-0.1, -0.05) is 24.9 Å². The second-order valence-electron chi connectivity index (χ2n) is 7.98. The molecular formula is C25H24ClN3O2S. The van der Waals surface area contributed by atoms with Gasteiger partial charge in [0.05, 0.1) is 5.75 Å². The van der Waals surface area contributed by atoms with Crippen molar-refractivity contribution in [1.82, 2.24) is 10.2 Å². The van der Waals surface area contributed by atoms with Crippen molar-refractivity contribution in [3.63, 3.8) is 0 Å². The monoisotopic (exact) mass is 465 g/mol. The maximum Gasteiger partial charge on any atom is 0.283 e. The van der Waals surface area contributed by atoms with Gasteiger partial charge in [-0.05, 0) is 73.0 Å². The van der Waals surface area contributed by atoms with Crippen molar-refractivity contribution in [3.05, 3.63) is 71.4 Å². The van der Waals surface area contributed by atoms with E-state index in [1.54, 1.807) is 11.8 Å². The average molecular weight is 466 g/mol. The third kappa shape index (κ3) is 4.71. The molecule has 1 unspecified atom stereocenters. The molecule has 0 spiro atoms. The van der Waals surface area contributed by atoms with E-state index in [1.807, 2.05) is 48.5 Å². The topological polar surface area (TPSA) is 55.3 Å². The van der Waals surface area contributed by atoms with Crippen molar-refractivity contribution in [1.29, 1.82) is 0 Å². The lowest BCUT2D eigenvalue weighted by molar-refractivity contribution is 0.503. The molecule has 1 aliphatic rings. The minimum atomic E-state index is 0.386. The Balaban J connectivity index is 1.23. The Morgan fingerprint density at radius 1 is 0.969 bits per heavy atom. The Labute approximate surface area is 196 Å². The number of thioether (sulfide) groups is 1. The van der Waals surface area contributed by atoms with Gasteiger partial charge in [0.1, 0.15) is 5.76 Å². The third-order valence-electron chi connectivity index (χ3n) is 5.83. The van der Waals surface area contributed by atoms with E-state index in [-0.39, 0.29) is 0 Å². The molecule has 4 aromatic rings. The number of halogens is 1. The SMILES string of the molecule is CCC1CCN(c2ccc(-c3nnc(-c4ccc(CSc5ccc(Cl)cc5)o4)o3)cc2)C1. The van der Waals surface area contributed by atoms with Crippen LogP contribution >= 0.6 is 23.4 Å². The standard InChI is InChI=1S/C25H24ClN3O2S/c1-2-17-13-14-29(15-17)20-7-3-18(4-8-20)24-27-28-25(31-24)23-12-9-21(30-23)16-32-22-10-5-19(26)6-11-22/h3-12,17H,2,13-16H2,1H3. The van der Waals surface area contributed by atoms with E-state index in [1.165, 1.54) is 18.5 Å². The van der Waals surface area contributed by atoms with E-state index in [0.717, 1.165) is 40.2 Å². The van der Waals surface area contributed by atoms with Crippen LogP contribution in [0, 0.1) is 5.92 Å². The van der Waals surface area contributed by atoms with E-state index in [9.17, 15) is 0 Å². The summed E-state index contributed by atoms with van der Waals surface area (Å²) in [5.74, 6) is 3.82. The van der Waals surface area contributed by atoms with Crippen molar-refractivity contribution < 1.29 is 8.83 Å². The zero-order chi connectivity index (χ0) is 21.9. The van der Waals surface area contributed by atoms with E-state index < -0.39 is 0 Å². The fraction of sp³-hybridized carbons (Fsp3) is 0.280. The summed E-state index contributed by atoms with van der Waals surface area (Å²) in [6, 6.07) is 19.9. The van der Waals surface area contributed by atoms with E-state index in [2.05, 4.69) is 34.2 Å².